The summed E-state index contributed by atoms with van der Waals surface area (Å²) in [6.45, 7) is 9.57. The molecule has 60 heavy (non-hydrogen) atoms. The molecule has 11 rings (SSSR count). The van der Waals surface area contributed by atoms with Crippen LogP contribution in [0.3, 0.4) is 0 Å². The van der Waals surface area contributed by atoms with E-state index in [1.54, 1.807) is 0 Å². The van der Waals surface area contributed by atoms with Crippen LogP contribution in [0.2, 0.25) is 0 Å². The first-order valence-corrected chi connectivity index (χ1v) is 21.1. The molecule has 2 heteroatoms. The van der Waals surface area contributed by atoms with Crippen LogP contribution in [0.15, 0.2) is 206 Å². The SMILES string of the molecule is CC1(C)c2ccccc2-c2ccc(-c3cccc4c3C(C)(C)c3ccccc3N4c3c(-c4ccc(N(c5ccccc5)c5ccccc5)cc4)ccc4ccccc34)cc21. The van der Waals surface area contributed by atoms with E-state index in [2.05, 4.69) is 244 Å². The van der Waals surface area contributed by atoms with E-state index in [4.69, 9.17) is 0 Å². The first-order chi connectivity index (χ1) is 29.3. The quantitative estimate of drug-likeness (QED) is 0.166. The third kappa shape index (κ3) is 5.48. The summed E-state index contributed by atoms with van der Waals surface area (Å²) in [6.07, 6.45) is 0. The lowest BCUT2D eigenvalue weighted by atomic mass is 9.70. The molecular weight excluding hydrogens is 725 g/mol. The largest absolute Gasteiger partial charge is 0.311 e. The molecule has 0 amide bonds. The summed E-state index contributed by atoms with van der Waals surface area (Å²) in [4.78, 5) is 4.89. The number of hydrogen-bond donors (Lipinski definition) is 0. The summed E-state index contributed by atoms with van der Waals surface area (Å²) in [7, 11) is 0. The van der Waals surface area contributed by atoms with E-state index in [-0.39, 0.29) is 10.8 Å². The van der Waals surface area contributed by atoms with Crippen molar-refractivity contribution in [2.24, 2.45) is 0 Å². The Balaban J connectivity index is 1.11. The van der Waals surface area contributed by atoms with Gasteiger partial charge in [-0.2, -0.15) is 0 Å². The fourth-order valence-electron chi connectivity index (χ4n) is 10.3. The average molecular weight is 771 g/mol. The Kier molecular flexibility index (Phi) is 8.22. The molecule has 0 bridgehead atoms. The Morgan fingerprint density at radius 1 is 0.367 bits per heavy atom. The van der Waals surface area contributed by atoms with Gasteiger partial charge in [0, 0.05) is 38.8 Å². The normalized spacial score (nSPS) is 14.2. The van der Waals surface area contributed by atoms with E-state index in [1.165, 1.54) is 83.5 Å². The topological polar surface area (TPSA) is 6.48 Å². The highest BCUT2D eigenvalue weighted by atomic mass is 15.2. The lowest BCUT2D eigenvalue weighted by Gasteiger charge is -2.44. The minimum Gasteiger partial charge on any atom is -0.311 e. The summed E-state index contributed by atoms with van der Waals surface area (Å²) in [5, 5.41) is 2.44. The molecule has 0 radical (unpaired) electrons. The van der Waals surface area contributed by atoms with Gasteiger partial charge in [-0.3, -0.25) is 0 Å². The monoisotopic (exact) mass is 770 g/mol. The van der Waals surface area contributed by atoms with Gasteiger partial charge in [0.25, 0.3) is 0 Å². The van der Waals surface area contributed by atoms with Gasteiger partial charge >= 0.3 is 0 Å². The van der Waals surface area contributed by atoms with Crippen molar-refractivity contribution in [1.82, 2.24) is 0 Å². The number of benzene rings is 9. The summed E-state index contributed by atoms with van der Waals surface area (Å²) < 4.78 is 0. The molecule has 2 nitrogen and oxygen atoms in total. The van der Waals surface area contributed by atoms with Crippen LogP contribution in [0.5, 0.6) is 0 Å². The second-order valence-electron chi connectivity index (χ2n) is 17.3. The smallest absolute Gasteiger partial charge is 0.0618 e. The first-order valence-electron chi connectivity index (χ1n) is 21.1. The fourth-order valence-corrected chi connectivity index (χ4v) is 10.3. The zero-order chi connectivity index (χ0) is 40.6. The molecule has 2 aliphatic rings. The Hall–Kier alpha value is -7.16. The highest BCUT2D eigenvalue weighted by molar-refractivity contribution is 6.08. The Morgan fingerprint density at radius 2 is 0.917 bits per heavy atom. The molecule has 1 heterocycles. The zero-order valence-corrected chi connectivity index (χ0v) is 34.5. The lowest BCUT2D eigenvalue weighted by Crippen LogP contribution is -2.31. The van der Waals surface area contributed by atoms with Gasteiger partial charge in [-0.05, 0) is 110 Å². The number of nitrogens with zero attached hydrogens (tertiary/aromatic N) is 2. The summed E-state index contributed by atoms with van der Waals surface area (Å²) in [5.74, 6) is 0. The Bertz CT molecular complexity index is 3050. The molecule has 0 saturated heterocycles. The van der Waals surface area contributed by atoms with Crippen molar-refractivity contribution >= 4 is 44.9 Å². The summed E-state index contributed by atoms with van der Waals surface area (Å²) >= 11 is 0. The molecule has 0 aromatic heterocycles. The molecule has 1 aliphatic carbocycles. The summed E-state index contributed by atoms with van der Waals surface area (Å²) in [5.41, 5.74) is 19.7. The number of rotatable bonds is 6. The Labute approximate surface area is 353 Å². The molecule has 0 spiro atoms. The number of hydrogen-bond acceptors (Lipinski definition) is 2. The van der Waals surface area contributed by atoms with Crippen LogP contribution in [0.25, 0.3) is 44.2 Å². The van der Waals surface area contributed by atoms with Crippen LogP contribution >= 0.6 is 0 Å². The van der Waals surface area contributed by atoms with Crippen LogP contribution < -0.4 is 9.80 Å². The van der Waals surface area contributed by atoms with Crippen molar-refractivity contribution in [3.63, 3.8) is 0 Å². The van der Waals surface area contributed by atoms with Gasteiger partial charge in [0.1, 0.15) is 0 Å². The van der Waals surface area contributed by atoms with Crippen LogP contribution in [0, 0.1) is 0 Å². The minimum absolute atomic E-state index is 0.0858. The van der Waals surface area contributed by atoms with Crippen molar-refractivity contribution < 1.29 is 0 Å². The van der Waals surface area contributed by atoms with Gasteiger partial charge < -0.3 is 9.80 Å². The molecule has 0 N–H and O–H groups in total. The van der Waals surface area contributed by atoms with E-state index in [0.717, 1.165) is 17.1 Å². The van der Waals surface area contributed by atoms with E-state index in [9.17, 15) is 0 Å². The van der Waals surface area contributed by atoms with Crippen LogP contribution in [-0.4, -0.2) is 0 Å². The standard InChI is InChI=1S/C58H46N2/c1-57(2)50-26-14-13-24-48(50)49-37-33-41(38-52(49)57)45-25-17-29-54-55(45)58(3,4)51-27-15-16-28-53(51)60(54)56-46-23-12-11-18-39(46)32-36-47(56)40-30-34-44(35-31-40)59(42-19-7-5-8-20-42)43-21-9-6-10-22-43/h5-38H,1-4H3. The van der Waals surface area contributed by atoms with Crippen molar-refractivity contribution in [2.75, 3.05) is 9.80 Å². The maximum atomic E-state index is 2.57. The molecule has 9 aromatic rings. The Morgan fingerprint density at radius 3 is 1.67 bits per heavy atom. The second-order valence-corrected chi connectivity index (χ2v) is 17.3. The van der Waals surface area contributed by atoms with Crippen molar-refractivity contribution in [1.29, 1.82) is 0 Å². The van der Waals surface area contributed by atoms with Gasteiger partial charge in [0.2, 0.25) is 0 Å². The number of fused-ring (bicyclic) bond motifs is 6. The van der Waals surface area contributed by atoms with Gasteiger partial charge in [-0.1, -0.05) is 179 Å². The van der Waals surface area contributed by atoms with Crippen molar-refractivity contribution in [3.05, 3.63) is 229 Å². The molecule has 0 unspecified atom stereocenters. The maximum absolute atomic E-state index is 2.57. The first kappa shape index (κ1) is 36.0. The number of para-hydroxylation sites is 3. The molecule has 0 atom stereocenters. The molecule has 288 valence electrons. The van der Waals surface area contributed by atoms with Gasteiger partial charge in [-0.15, -0.1) is 0 Å². The van der Waals surface area contributed by atoms with Crippen LogP contribution in [0.4, 0.5) is 34.1 Å². The van der Waals surface area contributed by atoms with E-state index in [0.29, 0.717) is 0 Å². The third-order valence-corrected chi connectivity index (χ3v) is 13.2. The van der Waals surface area contributed by atoms with Crippen molar-refractivity contribution in [3.8, 4) is 33.4 Å². The zero-order valence-electron chi connectivity index (χ0n) is 34.5. The van der Waals surface area contributed by atoms with E-state index < -0.39 is 0 Å². The fraction of sp³-hybridized carbons (Fsp3) is 0.103. The molecule has 0 fully saturated rings. The average Bonchev–Trinajstić information content (AvgIpc) is 3.52. The molecule has 9 aromatic carbocycles. The van der Waals surface area contributed by atoms with Gasteiger partial charge in [-0.25, -0.2) is 0 Å². The predicted octanol–water partition coefficient (Wildman–Crippen LogP) is 16.1. The third-order valence-electron chi connectivity index (χ3n) is 13.2. The van der Waals surface area contributed by atoms with E-state index >= 15 is 0 Å². The molecule has 1 aliphatic heterocycles. The highest BCUT2D eigenvalue weighted by Crippen LogP contribution is 2.58. The van der Waals surface area contributed by atoms with E-state index in [1.807, 2.05) is 0 Å². The second kappa shape index (κ2) is 13.7. The highest BCUT2D eigenvalue weighted by Gasteiger charge is 2.41. The summed E-state index contributed by atoms with van der Waals surface area (Å²) in [6, 6.07) is 76.0. The maximum Gasteiger partial charge on any atom is 0.0618 e. The van der Waals surface area contributed by atoms with Crippen molar-refractivity contribution in [2.45, 2.75) is 38.5 Å². The van der Waals surface area contributed by atoms with Gasteiger partial charge in [0.05, 0.1) is 17.1 Å². The molecule has 0 saturated carbocycles. The van der Waals surface area contributed by atoms with Crippen LogP contribution in [-0.2, 0) is 10.8 Å². The predicted molar refractivity (Wildman–Crippen MR) is 254 cm³/mol. The minimum atomic E-state index is -0.277. The van der Waals surface area contributed by atoms with Gasteiger partial charge in [0.15, 0.2) is 0 Å². The molecular formula is C58H46N2. The lowest BCUT2D eigenvalue weighted by molar-refractivity contribution is 0.633. The number of anilines is 6. The van der Waals surface area contributed by atoms with Crippen LogP contribution in [0.1, 0.15) is 49.9 Å².